The highest BCUT2D eigenvalue weighted by Gasteiger charge is 2.25. The minimum atomic E-state index is -0.0990. The molecule has 0 bridgehead atoms. The van der Waals surface area contributed by atoms with Gasteiger partial charge in [-0.25, -0.2) is 4.79 Å². The number of nitrogens with zero attached hydrogens (tertiary/aromatic N) is 3. The van der Waals surface area contributed by atoms with E-state index in [0.29, 0.717) is 0 Å². The number of hydrogen-bond donors (Lipinski definition) is 2. The molecule has 23 heavy (non-hydrogen) atoms. The van der Waals surface area contributed by atoms with Crippen molar-refractivity contribution in [3.8, 4) is 0 Å². The van der Waals surface area contributed by atoms with Crippen LogP contribution in [-0.2, 0) is 19.9 Å². The molecule has 2 aromatic rings. The van der Waals surface area contributed by atoms with E-state index in [0.717, 1.165) is 31.4 Å². The van der Waals surface area contributed by atoms with E-state index in [9.17, 15) is 4.79 Å². The lowest BCUT2D eigenvalue weighted by Gasteiger charge is -2.24. The second-order valence-corrected chi connectivity index (χ2v) is 7.23. The summed E-state index contributed by atoms with van der Waals surface area (Å²) in [6.45, 7) is 4.17. The van der Waals surface area contributed by atoms with Gasteiger partial charge in [0.1, 0.15) is 0 Å². The summed E-state index contributed by atoms with van der Waals surface area (Å²) < 4.78 is 1.83. The number of fused-ring (bicyclic) bond motifs is 1. The number of carbonyl (C=O) groups is 1. The van der Waals surface area contributed by atoms with Gasteiger partial charge in [0.2, 0.25) is 0 Å². The lowest BCUT2D eigenvalue weighted by atomic mass is 9.96. The lowest BCUT2D eigenvalue weighted by Crippen LogP contribution is -2.45. The molecule has 0 radical (unpaired) electrons. The zero-order valence-corrected chi connectivity index (χ0v) is 14.6. The van der Waals surface area contributed by atoms with Crippen LogP contribution in [-0.4, -0.2) is 27.1 Å². The zero-order chi connectivity index (χ0) is 16.4. The minimum absolute atomic E-state index is 0.0654. The Balaban J connectivity index is 1.57. The Morgan fingerprint density at radius 1 is 1.57 bits per heavy atom. The van der Waals surface area contributed by atoms with Crippen molar-refractivity contribution in [3.63, 3.8) is 0 Å². The van der Waals surface area contributed by atoms with Crippen molar-refractivity contribution >= 4 is 17.4 Å². The molecule has 2 aromatic heterocycles. The summed E-state index contributed by atoms with van der Waals surface area (Å²) in [5, 5.41) is 16.5. The Hall–Kier alpha value is -1.89. The Bertz CT molecular complexity index is 692. The molecule has 1 aliphatic carbocycles. The van der Waals surface area contributed by atoms with E-state index in [1.54, 1.807) is 11.3 Å². The van der Waals surface area contributed by atoms with E-state index in [1.807, 2.05) is 11.7 Å². The monoisotopic (exact) mass is 333 g/mol. The summed E-state index contributed by atoms with van der Waals surface area (Å²) in [6, 6.07) is 2.24. The molecule has 0 aliphatic heterocycles. The number of thiophene rings is 1. The predicted molar refractivity (Wildman–Crippen MR) is 90.6 cm³/mol. The van der Waals surface area contributed by atoms with Gasteiger partial charge in [-0.3, -0.25) is 4.68 Å². The Labute approximate surface area is 140 Å². The van der Waals surface area contributed by atoms with Crippen LogP contribution in [0.1, 0.15) is 47.6 Å². The first kappa shape index (κ1) is 16.0. The van der Waals surface area contributed by atoms with Crippen LogP contribution in [0, 0.1) is 6.92 Å². The first-order chi connectivity index (χ1) is 11.1. The van der Waals surface area contributed by atoms with Crippen molar-refractivity contribution in [1.29, 1.82) is 0 Å². The fourth-order valence-corrected chi connectivity index (χ4v) is 3.87. The SMILES string of the molecule is CCC(NC(=O)NC1CCc2c(nnn2C)C1)c1csc(C)c1. The third-order valence-corrected chi connectivity index (χ3v) is 5.27. The standard InChI is InChI=1S/C16H23N5OS/c1-4-13(11-7-10(2)23-9-11)18-16(22)17-12-5-6-15-14(8-12)19-20-21(15)3/h7,9,12-13H,4-6,8H2,1-3H3,(H2,17,18,22). The summed E-state index contributed by atoms with van der Waals surface area (Å²) in [5.41, 5.74) is 3.37. The predicted octanol–water partition coefficient (Wildman–Crippen LogP) is 2.49. The first-order valence-electron chi connectivity index (χ1n) is 8.06. The van der Waals surface area contributed by atoms with Crippen molar-refractivity contribution in [2.45, 2.75) is 51.6 Å². The molecule has 2 atom stereocenters. The quantitative estimate of drug-likeness (QED) is 0.903. The molecule has 124 valence electrons. The molecule has 0 aromatic carbocycles. The molecule has 3 rings (SSSR count). The van der Waals surface area contributed by atoms with E-state index < -0.39 is 0 Å². The highest BCUT2D eigenvalue weighted by atomic mass is 32.1. The van der Waals surface area contributed by atoms with Gasteiger partial charge in [-0.15, -0.1) is 16.4 Å². The van der Waals surface area contributed by atoms with Gasteiger partial charge in [0.05, 0.1) is 17.4 Å². The molecule has 1 aliphatic rings. The third kappa shape index (κ3) is 3.55. The summed E-state index contributed by atoms with van der Waals surface area (Å²) in [6.07, 6.45) is 3.47. The largest absolute Gasteiger partial charge is 0.335 e. The molecular weight excluding hydrogens is 310 g/mol. The zero-order valence-electron chi connectivity index (χ0n) is 13.8. The van der Waals surface area contributed by atoms with Crippen LogP contribution >= 0.6 is 11.3 Å². The van der Waals surface area contributed by atoms with Crippen LogP contribution in [0.3, 0.4) is 0 Å². The van der Waals surface area contributed by atoms with Crippen molar-refractivity contribution < 1.29 is 4.79 Å². The van der Waals surface area contributed by atoms with Crippen LogP contribution in [0.15, 0.2) is 11.4 Å². The molecule has 2 unspecified atom stereocenters. The maximum Gasteiger partial charge on any atom is 0.315 e. The number of rotatable bonds is 4. The molecule has 0 fully saturated rings. The summed E-state index contributed by atoms with van der Waals surface area (Å²) in [4.78, 5) is 13.6. The van der Waals surface area contributed by atoms with Gasteiger partial charge in [-0.05, 0) is 43.2 Å². The van der Waals surface area contributed by atoms with Gasteiger partial charge >= 0.3 is 6.03 Å². The maximum absolute atomic E-state index is 12.3. The lowest BCUT2D eigenvalue weighted by molar-refractivity contribution is 0.231. The number of carbonyl (C=O) groups excluding carboxylic acids is 1. The fourth-order valence-electron chi connectivity index (χ4n) is 3.11. The highest BCUT2D eigenvalue weighted by Crippen LogP contribution is 2.23. The molecule has 7 heteroatoms. The normalized spacial score (nSPS) is 18.3. The second kappa shape index (κ2) is 6.70. The van der Waals surface area contributed by atoms with E-state index in [1.165, 1.54) is 16.1 Å². The Morgan fingerprint density at radius 2 is 2.39 bits per heavy atom. The summed E-state index contributed by atoms with van der Waals surface area (Å²) in [7, 11) is 1.92. The number of aryl methyl sites for hydroxylation is 2. The summed E-state index contributed by atoms with van der Waals surface area (Å²) in [5.74, 6) is 0. The molecular formula is C16H23N5OS. The van der Waals surface area contributed by atoms with Gasteiger partial charge in [0.25, 0.3) is 0 Å². The van der Waals surface area contributed by atoms with Gasteiger partial charge < -0.3 is 10.6 Å². The van der Waals surface area contributed by atoms with Gasteiger partial charge in [-0.1, -0.05) is 12.1 Å². The molecule has 6 nitrogen and oxygen atoms in total. The van der Waals surface area contributed by atoms with E-state index in [-0.39, 0.29) is 18.1 Å². The number of urea groups is 1. The second-order valence-electron chi connectivity index (χ2n) is 6.12. The van der Waals surface area contributed by atoms with Crippen molar-refractivity contribution in [1.82, 2.24) is 25.6 Å². The molecule has 2 heterocycles. The minimum Gasteiger partial charge on any atom is -0.335 e. The Morgan fingerprint density at radius 3 is 3.09 bits per heavy atom. The smallest absolute Gasteiger partial charge is 0.315 e. The number of aromatic nitrogens is 3. The van der Waals surface area contributed by atoms with Crippen LogP contribution in [0.5, 0.6) is 0 Å². The third-order valence-electron chi connectivity index (χ3n) is 4.39. The van der Waals surface area contributed by atoms with Gasteiger partial charge in [-0.2, -0.15) is 0 Å². The molecule has 2 amide bonds. The molecule has 0 spiro atoms. The van der Waals surface area contributed by atoms with Crippen LogP contribution in [0.4, 0.5) is 4.79 Å². The Kier molecular flexibility index (Phi) is 4.66. The molecule has 2 N–H and O–H groups in total. The first-order valence-corrected chi connectivity index (χ1v) is 8.94. The maximum atomic E-state index is 12.3. The van der Waals surface area contributed by atoms with E-state index >= 15 is 0 Å². The average Bonchev–Trinajstić information content (AvgIpc) is 3.11. The number of amides is 2. The van der Waals surface area contributed by atoms with Crippen LogP contribution < -0.4 is 10.6 Å². The highest BCUT2D eigenvalue weighted by molar-refractivity contribution is 7.10. The molecule has 0 saturated heterocycles. The fraction of sp³-hybridized carbons (Fsp3) is 0.562. The van der Waals surface area contributed by atoms with Crippen LogP contribution in [0.2, 0.25) is 0 Å². The van der Waals surface area contributed by atoms with E-state index in [2.05, 4.69) is 46.2 Å². The topological polar surface area (TPSA) is 71.8 Å². The molecule has 0 saturated carbocycles. The average molecular weight is 333 g/mol. The van der Waals surface area contributed by atoms with Crippen molar-refractivity contribution in [2.24, 2.45) is 7.05 Å². The van der Waals surface area contributed by atoms with Crippen molar-refractivity contribution in [2.75, 3.05) is 0 Å². The summed E-state index contributed by atoms with van der Waals surface area (Å²) >= 11 is 1.72. The van der Waals surface area contributed by atoms with Gasteiger partial charge in [0, 0.05) is 24.4 Å². The van der Waals surface area contributed by atoms with Gasteiger partial charge in [0.15, 0.2) is 0 Å². The van der Waals surface area contributed by atoms with Crippen molar-refractivity contribution in [3.05, 3.63) is 33.3 Å². The number of nitrogens with one attached hydrogen (secondary N) is 2. The van der Waals surface area contributed by atoms with E-state index in [4.69, 9.17) is 0 Å². The van der Waals surface area contributed by atoms with Crippen LogP contribution in [0.25, 0.3) is 0 Å². The number of hydrogen-bond acceptors (Lipinski definition) is 4.